The molecule has 1 aromatic heterocycles. The first-order chi connectivity index (χ1) is 12.2. The van der Waals surface area contributed by atoms with Crippen LogP contribution in [0.3, 0.4) is 0 Å². The molecule has 0 aliphatic rings. The van der Waals surface area contributed by atoms with Crippen molar-refractivity contribution in [1.82, 2.24) is 20.2 Å². The molecule has 25 heavy (non-hydrogen) atoms. The van der Waals surface area contributed by atoms with E-state index in [1.807, 2.05) is 55.5 Å². The molecule has 7 heteroatoms. The number of aliphatic hydroxyl groups is 1. The molecule has 0 bridgehead atoms. The highest BCUT2D eigenvalue weighted by Gasteiger charge is 2.13. The summed E-state index contributed by atoms with van der Waals surface area (Å²) < 4.78 is 6.94. The number of nitrogens with zero attached hydrogens (tertiary/aromatic N) is 4. The Hall–Kier alpha value is -2.93. The van der Waals surface area contributed by atoms with Crippen LogP contribution in [0.2, 0.25) is 0 Å². The predicted molar refractivity (Wildman–Crippen MR) is 95.5 cm³/mol. The molecule has 3 rings (SSSR count). The lowest BCUT2D eigenvalue weighted by Gasteiger charge is -2.16. The molecular formula is C18H21N5O2. The fourth-order valence-electron chi connectivity index (χ4n) is 2.57. The van der Waals surface area contributed by atoms with Gasteiger partial charge in [0.2, 0.25) is 0 Å². The third kappa shape index (κ3) is 4.13. The molecule has 0 aliphatic heterocycles. The number of hydrogen-bond acceptors (Lipinski definition) is 6. The number of benzene rings is 2. The Bertz CT molecular complexity index is 819. The number of aryl methyl sites for hydroxylation is 1. The van der Waals surface area contributed by atoms with E-state index in [2.05, 4.69) is 20.8 Å². The molecule has 0 saturated heterocycles. The van der Waals surface area contributed by atoms with Gasteiger partial charge in [-0.2, -0.15) is 0 Å². The van der Waals surface area contributed by atoms with E-state index in [9.17, 15) is 5.11 Å². The van der Waals surface area contributed by atoms with Crippen LogP contribution in [0.5, 0.6) is 5.75 Å². The number of ether oxygens (including phenoxy) is 1. The van der Waals surface area contributed by atoms with E-state index in [4.69, 9.17) is 4.74 Å². The van der Waals surface area contributed by atoms with Crippen molar-refractivity contribution in [3.05, 3.63) is 54.1 Å². The van der Waals surface area contributed by atoms with Crippen LogP contribution < -0.4 is 10.1 Å². The lowest BCUT2D eigenvalue weighted by atomic mass is 10.2. The molecule has 0 aliphatic carbocycles. The summed E-state index contributed by atoms with van der Waals surface area (Å²) in [6.45, 7) is 2.65. The van der Waals surface area contributed by atoms with Crippen molar-refractivity contribution in [2.24, 2.45) is 0 Å². The van der Waals surface area contributed by atoms with E-state index >= 15 is 0 Å². The molecule has 1 heterocycles. The van der Waals surface area contributed by atoms with Gasteiger partial charge in [-0.05, 0) is 35.0 Å². The second-order valence-electron chi connectivity index (χ2n) is 5.79. The van der Waals surface area contributed by atoms with Crippen LogP contribution in [0.25, 0.3) is 11.4 Å². The first-order valence-electron chi connectivity index (χ1n) is 8.05. The van der Waals surface area contributed by atoms with Crippen LogP contribution in [0.15, 0.2) is 48.5 Å². The lowest BCUT2D eigenvalue weighted by Crippen LogP contribution is -2.26. The standard InChI is InChI=1S/C18H21N5O2/c1-13-8-9-17(25-2)16(10-13)19-11-15(24)12-23-18(20-21-22-23)14-6-4-3-5-7-14/h3-10,15,19,24H,11-12H2,1-2H3. The molecule has 0 amide bonds. The van der Waals surface area contributed by atoms with Crippen LogP contribution in [-0.4, -0.2) is 45.1 Å². The topological polar surface area (TPSA) is 85.1 Å². The summed E-state index contributed by atoms with van der Waals surface area (Å²) in [7, 11) is 1.62. The van der Waals surface area contributed by atoms with E-state index < -0.39 is 6.10 Å². The Labute approximate surface area is 146 Å². The van der Waals surface area contributed by atoms with Gasteiger partial charge in [-0.25, -0.2) is 4.68 Å². The van der Waals surface area contributed by atoms with Gasteiger partial charge in [-0.3, -0.25) is 0 Å². The maximum Gasteiger partial charge on any atom is 0.182 e. The van der Waals surface area contributed by atoms with Crippen molar-refractivity contribution in [3.63, 3.8) is 0 Å². The van der Waals surface area contributed by atoms with Gasteiger partial charge in [0.05, 0.1) is 25.4 Å². The van der Waals surface area contributed by atoms with Crippen molar-refractivity contribution in [2.75, 3.05) is 19.0 Å². The Balaban J connectivity index is 1.65. The highest BCUT2D eigenvalue weighted by atomic mass is 16.5. The number of rotatable bonds is 7. The Morgan fingerprint density at radius 2 is 2.00 bits per heavy atom. The van der Waals surface area contributed by atoms with Gasteiger partial charge >= 0.3 is 0 Å². The first kappa shape index (κ1) is 16.9. The molecule has 1 unspecified atom stereocenters. The van der Waals surface area contributed by atoms with E-state index in [0.717, 1.165) is 22.6 Å². The molecule has 0 fully saturated rings. The van der Waals surface area contributed by atoms with Gasteiger partial charge in [0.25, 0.3) is 0 Å². The third-order valence-electron chi connectivity index (χ3n) is 3.83. The summed E-state index contributed by atoms with van der Waals surface area (Å²) in [6, 6.07) is 15.5. The maximum absolute atomic E-state index is 10.4. The van der Waals surface area contributed by atoms with Gasteiger partial charge in [0.15, 0.2) is 5.82 Å². The summed E-state index contributed by atoms with van der Waals surface area (Å²) in [5.74, 6) is 1.37. The smallest absolute Gasteiger partial charge is 0.182 e. The van der Waals surface area contributed by atoms with Crippen molar-refractivity contribution >= 4 is 5.69 Å². The molecule has 0 radical (unpaired) electrons. The number of anilines is 1. The fraction of sp³-hybridized carbons (Fsp3) is 0.278. The van der Waals surface area contributed by atoms with Crippen LogP contribution >= 0.6 is 0 Å². The molecule has 0 saturated carbocycles. The van der Waals surface area contributed by atoms with Gasteiger partial charge in [0.1, 0.15) is 5.75 Å². The van der Waals surface area contributed by atoms with Crippen LogP contribution in [0, 0.1) is 6.92 Å². The number of nitrogens with one attached hydrogen (secondary N) is 1. The monoisotopic (exact) mass is 339 g/mol. The van der Waals surface area contributed by atoms with Gasteiger partial charge in [-0.15, -0.1) is 5.10 Å². The molecule has 2 N–H and O–H groups in total. The number of aliphatic hydroxyl groups excluding tert-OH is 1. The Morgan fingerprint density at radius 1 is 1.20 bits per heavy atom. The molecule has 7 nitrogen and oxygen atoms in total. The zero-order valence-corrected chi connectivity index (χ0v) is 14.3. The van der Waals surface area contributed by atoms with Crippen LogP contribution in [-0.2, 0) is 6.54 Å². The SMILES string of the molecule is COc1ccc(C)cc1NCC(O)Cn1nnnc1-c1ccccc1. The summed E-state index contributed by atoms with van der Waals surface area (Å²) in [4.78, 5) is 0. The van der Waals surface area contributed by atoms with E-state index in [1.54, 1.807) is 11.8 Å². The predicted octanol–water partition coefficient (Wildman–Crippen LogP) is 2.13. The number of tetrazole rings is 1. The van der Waals surface area contributed by atoms with Crippen molar-refractivity contribution in [3.8, 4) is 17.1 Å². The minimum Gasteiger partial charge on any atom is -0.495 e. The molecule has 0 spiro atoms. The van der Waals surface area contributed by atoms with Crippen LogP contribution in [0.4, 0.5) is 5.69 Å². The number of methoxy groups -OCH3 is 1. The fourth-order valence-corrected chi connectivity index (χ4v) is 2.57. The molecule has 2 aromatic carbocycles. The quantitative estimate of drug-likeness (QED) is 0.686. The summed E-state index contributed by atoms with van der Waals surface area (Å²) >= 11 is 0. The summed E-state index contributed by atoms with van der Waals surface area (Å²) in [6.07, 6.45) is -0.656. The third-order valence-corrected chi connectivity index (χ3v) is 3.83. The average molecular weight is 339 g/mol. The van der Waals surface area contributed by atoms with Crippen LogP contribution in [0.1, 0.15) is 5.56 Å². The van der Waals surface area contributed by atoms with Crippen molar-refractivity contribution in [2.45, 2.75) is 19.6 Å². The number of aromatic nitrogens is 4. The first-order valence-corrected chi connectivity index (χ1v) is 8.05. The zero-order chi connectivity index (χ0) is 17.6. The zero-order valence-electron chi connectivity index (χ0n) is 14.3. The van der Waals surface area contributed by atoms with Gasteiger partial charge in [0, 0.05) is 12.1 Å². The lowest BCUT2D eigenvalue weighted by molar-refractivity contribution is 0.161. The number of hydrogen-bond donors (Lipinski definition) is 2. The summed E-state index contributed by atoms with van der Waals surface area (Å²) in [5, 5.41) is 25.3. The van der Waals surface area contributed by atoms with E-state index in [-0.39, 0.29) is 0 Å². The van der Waals surface area contributed by atoms with E-state index in [1.165, 1.54) is 0 Å². The van der Waals surface area contributed by atoms with Crippen molar-refractivity contribution in [1.29, 1.82) is 0 Å². The van der Waals surface area contributed by atoms with E-state index in [0.29, 0.717) is 18.9 Å². The van der Waals surface area contributed by atoms with Crippen molar-refractivity contribution < 1.29 is 9.84 Å². The highest BCUT2D eigenvalue weighted by molar-refractivity contribution is 5.58. The Kier molecular flexibility index (Phi) is 5.25. The maximum atomic E-state index is 10.4. The molecular weight excluding hydrogens is 318 g/mol. The van der Waals surface area contributed by atoms with Gasteiger partial charge < -0.3 is 15.2 Å². The Morgan fingerprint density at radius 3 is 2.76 bits per heavy atom. The molecule has 1 atom stereocenters. The summed E-state index contributed by atoms with van der Waals surface area (Å²) in [5.41, 5.74) is 2.87. The minimum atomic E-state index is -0.656. The minimum absolute atomic E-state index is 0.290. The molecule has 3 aromatic rings. The second kappa shape index (κ2) is 7.76. The molecule has 130 valence electrons. The largest absolute Gasteiger partial charge is 0.495 e. The average Bonchev–Trinajstić information content (AvgIpc) is 3.09. The second-order valence-corrected chi connectivity index (χ2v) is 5.79. The van der Waals surface area contributed by atoms with Gasteiger partial charge in [-0.1, -0.05) is 36.4 Å². The highest BCUT2D eigenvalue weighted by Crippen LogP contribution is 2.25. The normalized spacial score (nSPS) is 12.0.